The molecule has 0 atom stereocenters. The van der Waals surface area contributed by atoms with Crippen molar-refractivity contribution < 1.29 is 9.53 Å². The van der Waals surface area contributed by atoms with Gasteiger partial charge >= 0.3 is 0 Å². The fourth-order valence-corrected chi connectivity index (χ4v) is 3.86. The van der Waals surface area contributed by atoms with E-state index < -0.39 is 0 Å². The molecule has 2 heterocycles. The molecule has 2 fully saturated rings. The van der Waals surface area contributed by atoms with E-state index in [0.29, 0.717) is 5.56 Å². The van der Waals surface area contributed by atoms with Crippen molar-refractivity contribution in [3.05, 3.63) is 53.6 Å². The monoisotopic (exact) mass is 365 g/mol. The second-order valence-electron chi connectivity index (χ2n) is 7.32. The molecule has 2 aromatic rings. The van der Waals surface area contributed by atoms with Gasteiger partial charge in [-0.2, -0.15) is 0 Å². The number of hydrogen-bond acceptors (Lipinski definition) is 4. The Hall–Kier alpha value is -2.53. The molecule has 2 aliphatic rings. The molecule has 0 unspecified atom stereocenters. The van der Waals surface area contributed by atoms with Crippen LogP contribution in [0.1, 0.15) is 28.8 Å². The summed E-state index contributed by atoms with van der Waals surface area (Å²) in [5, 5.41) is 3.17. The highest BCUT2D eigenvalue weighted by atomic mass is 16.5. The predicted octanol–water partition coefficient (Wildman–Crippen LogP) is 3.68. The second-order valence-corrected chi connectivity index (χ2v) is 7.32. The molecule has 4 rings (SSSR count). The van der Waals surface area contributed by atoms with Crippen molar-refractivity contribution in [1.82, 2.24) is 0 Å². The van der Waals surface area contributed by atoms with Crippen LogP contribution < -0.4 is 15.1 Å². The Labute approximate surface area is 160 Å². The summed E-state index contributed by atoms with van der Waals surface area (Å²) >= 11 is 0. The van der Waals surface area contributed by atoms with Crippen LogP contribution >= 0.6 is 0 Å². The molecular weight excluding hydrogens is 338 g/mol. The second kappa shape index (κ2) is 8.01. The number of rotatable bonds is 4. The van der Waals surface area contributed by atoms with Gasteiger partial charge in [0, 0.05) is 37.4 Å². The van der Waals surface area contributed by atoms with Gasteiger partial charge in [0.1, 0.15) is 0 Å². The van der Waals surface area contributed by atoms with E-state index >= 15 is 0 Å². The highest BCUT2D eigenvalue weighted by Crippen LogP contribution is 2.33. The Bertz CT molecular complexity index is 809. The van der Waals surface area contributed by atoms with Crippen molar-refractivity contribution in [1.29, 1.82) is 0 Å². The molecule has 0 radical (unpaired) electrons. The molecule has 1 amide bonds. The molecule has 2 saturated heterocycles. The first-order valence-corrected chi connectivity index (χ1v) is 9.80. The zero-order valence-electron chi connectivity index (χ0n) is 15.9. The van der Waals surface area contributed by atoms with Crippen molar-refractivity contribution in [2.75, 3.05) is 54.5 Å². The normalized spacial score (nSPS) is 17.2. The Kier molecular flexibility index (Phi) is 5.30. The van der Waals surface area contributed by atoms with E-state index in [0.717, 1.165) is 56.3 Å². The first-order valence-electron chi connectivity index (χ1n) is 9.80. The average molecular weight is 365 g/mol. The van der Waals surface area contributed by atoms with Crippen LogP contribution in [0.3, 0.4) is 0 Å². The summed E-state index contributed by atoms with van der Waals surface area (Å²) in [5.41, 5.74) is 4.91. The van der Waals surface area contributed by atoms with E-state index in [9.17, 15) is 4.79 Å². The van der Waals surface area contributed by atoms with Gasteiger partial charge in [-0.1, -0.05) is 17.7 Å². The molecule has 5 heteroatoms. The smallest absolute Gasteiger partial charge is 0.255 e. The summed E-state index contributed by atoms with van der Waals surface area (Å²) in [6, 6.07) is 14.2. The molecule has 0 saturated carbocycles. The third-order valence-electron chi connectivity index (χ3n) is 5.33. The number of nitrogens with zero attached hydrogens (tertiary/aromatic N) is 2. The van der Waals surface area contributed by atoms with E-state index in [1.165, 1.54) is 18.5 Å². The van der Waals surface area contributed by atoms with Gasteiger partial charge in [0.2, 0.25) is 0 Å². The highest BCUT2D eigenvalue weighted by Gasteiger charge is 2.20. The SMILES string of the molecule is Cc1cccc(C(=O)Nc2cc(N3CCCC3)ccc2N2CCOCC2)c1. The van der Waals surface area contributed by atoms with Gasteiger partial charge in [-0.25, -0.2) is 0 Å². The Balaban J connectivity index is 1.64. The van der Waals surface area contributed by atoms with Crippen LogP contribution in [0.5, 0.6) is 0 Å². The molecule has 1 N–H and O–H groups in total. The topological polar surface area (TPSA) is 44.8 Å². The van der Waals surface area contributed by atoms with E-state index in [4.69, 9.17) is 4.74 Å². The number of amides is 1. The fourth-order valence-electron chi connectivity index (χ4n) is 3.86. The molecular formula is C22H27N3O2. The summed E-state index contributed by atoms with van der Waals surface area (Å²) in [7, 11) is 0. The van der Waals surface area contributed by atoms with Gasteiger partial charge in [0.05, 0.1) is 24.6 Å². The number of ether oxygens (including phenoxy) is 1. The minimum absolute atomic E-state index is 0.0632. The lowest BCUT2D eigenvalue weighted by Crippen LogP contribution is -2.36. The number of carbonyl (C=O) groups is 1. The molecule has 0 bridgehead atoms. The number of hydrogen-bond donors (Lipinski definition) is 1. The van der Waals surface area contributed by atoms with Crippen molar-refractivity contribution in [2.45, 2.75) is 19.8 Å². The number of anilines is 3. The molecule has 27 heavy (non-hydrogen) atoms. The maximum atomic E-state index is 12.9. The van der Waals surface area contributed by atoms with Crippen molar-refractivity contribution in [2.24, 2.45) is 0 Å². The number of morpholine rings is 1. The molecule has 2 aliphatic heterocycles. The lowest BCUT2D eigenvalue weighted by atomic mass is 10.1. The van der Waals surface area contributed by atoms with E-state index in [-0.39, 0.29) is 5.91 Å². The summed E-state index contributed by atoms with van der Waals surface area (Å²) < 4.78 is 5.49. The number of benzene rings is 2. The molecule has 0 spiro atoms. The molecule has 142 valence electrons. The Morgan fingerprint density at radius 1 is 0.963 bits per heavy atom. The van der Waals surface area contributed by atoms with Gasteiger partial charge in [0.25, 0.3) is 5.91 Å². The number of carbonyl (C=O) groups excluding carboxylic acids is 1. The van der Waals surface area contributed by atoms with Gasteiger partial charge in [-0.05, 0) is 50.1 Å². The summed E-state index contributed by atoms with van der Waals surface area (Å²) in [6.45, 7) is 7.30. The van der Waals surface area contributed by atoms with Crippen molar-refractivity contribution in [3.8, 4) is 0 Å². The third kappa shape index (κ3) is 4.08. The van der Waals surface area contributed by atoms with Gasteiger partial charge in [-0.15, -0.1) is 0 Å². The standard InChI is InChI=1S/C22H27N3O2/c1-17-5-4-6-18(15-17)22(26)23-20-16-19(24-9-2-3-10-24)7-8-21(20)25-11-13-27-14-12-25/h4-8,15-16H,2-3,9-14H2,1H3,(H,23,26). The predicted molar refractivity (Wildman–Crippen MR) is 110 cm³/mol. The van der Waals surface area contributed by atoms with Gasteiger partial charge in [0.15, 0.2) is 0 Å². The zero-order chi connectivity index (χ0) is 18.6. The lowest BCUT2D eigenvalue weighted by molar-refractivity contribution is 0.102. The minimum Gasteiger partial charge on any atom is -0.378 e. The van der Waals surface area contributed by atoms with Gasteiger partial charge in [-0.3, -0.25) is 4.79 Å². The van der Waals surface area contributed by atoms with Crippen LogP contribution in [0.15, 0.2) is 42.5 Å². The number of nitrogens with one attached hydrogen (secondary N) is 1. The van der Waals surface area contributed by atoms with E-state index in [2.05, 4.69) is 33.3 Å². The van der Waals surface area contributed by atoms with Crippen LogP contribution in [0, 0.1) is 6.92 Å². The highest BCUT2D eigenvalue weighted by molar-refractivity contribution is 6.06. The Morgan fingerprint density at radius 2 is 1.74 bits per heavy atom. The lowest BCUT2D eigenvalue weighted by Gasteiger charge is -2.31. The van der Waals surface area contributed by atoms with Gasteiger partial charge < -0.3 is 19.9 Å². The summed E-state index contributed by atoms with van der Waals surface area (Å²) in [5.74, 6) is -0.0632. The molecule has 5 nitrogen and oxygen atoms in total. The van der Waals surface area contributed by atoms with Crippen LogP contribution in [-0.4, -0.2) is 45.3 Å². The summed E-state index contributed by atoms with van der Waals surface area (Å²) in [4.78, 5) is 17.6. The quantitative estimate of drug-likeness (QED) is 0.898. The first kappa shape index (κ1) is 17.9. The Morgan fingerprint density at radius 3 is 2.48 bits per heavy atom. The molecule has 0 aromatic heterocycles. The molecule has 2 aromatic carbocycles. The fraction of sp³-hybridized carbons (Fsp3) is 0.409. The van der Waals surface area contributed by atoms with E-state index in [1.54, 1.807) is 0 Å². The largest absolute Gasteiger partial charge is 0.378 e. The zero-order valence-corrected chi connectivity index (χ0v) is 15.9. The van der Waals surface area contributed by atoms with Crippen LogP contribution in [0.4, 0.5) is 17.1 Å². The first-order chi connectivity index (χ1) is 13.2. The minimum atomic E-state index is -0.0632. The summed E-state index contributed by atoms with van der Waals surface area (Å²) in [6.07, 6.45) is 2.46. The van der Waals surface area contributed by atoms with Crippen LogP contribution in [0.25, 0.3) is 0 Å². The van der Waals surface area contributed by atoms with Crippen molar-refractivity contribution in [3.63, 3.8) is 0 Å². The third-order valence-corrected chi connectivity index (χ3v) is 5.33. The number of aryl methyl sites for hydroxylation is 1. The average Bonchev–Trinajstić information content (AvgIpc) is 3.23. The maximum absolute atomic E-state index is 12.9. The van der Waals surface area contributed by atoms with Crippen LogP contribution in [0.2, 0.25) is 0 Å². The van der Waals surface area contributed by atoms with Crippen LogP contribution in [-0.2, 0) is 4.74 Å². The maximum Gasteiger partial charge on any atom is 0.255 e. The van der Waals surface area contributed by atoms with E-state index in [1.807, 2.05) is 31.2 Å². The van der Waals surface area contributed by atoms with Crippen molar-refractivity contribution >= 4 is 23.0 Å². The molecule has 0 aliphatic carbocycles.